The van der Waals surface area contributed by atoms with E-state index >= 15 is 0 Å². The van der Waals surface area contributed by atoms with Gasteiger partial charge >= 0.3 is 0 Å². The van der Waals surface area contributed by atoms with Crippen LogP contribution in [0.3, 0.4) is 0 Å². The first-order valence-electron chi connectivity index (χ1n) is 12.2. The molecule has 5 aromatic carbocycles. The summed E-state index contributed by atoms with van der Waals surface area (Å²) in [7, 11) is 2.22. The van der Waals surface area contributed by atoms with Crippen LogP contribution >= 0.6 is 0 Å². The monoisotopic (exact) mass is 450 g/mol. The molecule has 0 aliphatic rings. The highest BCUT2D eigenvalue weighted by molar-refractivity contribution is 6.34. The Hall–Kier alpha value is -4.30. The predicted octanol–water partition coefficient (Wildman–Crippen LogP) is 9.00. The Morgan fingerprint density at radius 1 is 0.600 bits per heavy atom. The number of benzene rings is 5. The molecule has 0 saturated heterocycles. The molecule has 0 amide bonds. The van der Waals surface area contributed by atoms with Crippen LogP contribution in [-0.2, 0) is 7.05 Å². The minimum atomic E-state index is 1.19. The largest absolute Gasteiger partial charge is 0.341 e. The van der Waals surface area contributed by atoms with Gasteiger partial charge in [0.15, 0.2) is 0 Å². The molecule has 2 heterocycles. The number of hydrogen-bond donors (Lipinski definition) is 0. The Labute approximate surface area is 204 Å². The number of aromatic nitrogens is 2. The third-order valence-corrected chi connectivity index (χ3v) is 7.68. The fourth-order valence-corrected chi connectivity index (χ4v) is 5.92. The second-order valence-electron chi connectivity index (χ2n) is 9.44. The van der Waals surface area contributed by atoms with Gasteiger partial charge in [0, 0.05) is 28.9 Å². The first-order chi connectivity index (χ1) is 17.2. The van der Waals surface area contributed by atoms with Crippen LogP contribution < -0.4 is 0 Å². The zero-order valence-corrected chi connectivity index (χ0v) is 20.2. The van der Waals surface area contributed by atoms with Gasteiger partial charge < -0.3 is 9.13 Å². The van der Waals surface area contributed by atoms with Gasteiger partial charge in [-0.05, 0) is 59.3 Å². The lowest BCUT2D eigenvalue weighted by Crippen LogP contribution is -1.94. The van der Waals surface area contributed by atoms with E-state index in [-0.39, 0.29) is 0 Å². The van der Waals surface area contributed by atoms with Crippen molar-refractivity contribution in [3.63, 3.8) is 0 Å². The third kappa shape index (κ3) is 2.65. The van der Waals surface area contributed by atoms with Crippen LogP contribution in [0.2, 0.25) is 0 Å². The average molecular weight is 451 g/mol. The topological polar surface area (TPSA) is 9.86 Å². The molecule has 0 bridgehead atoms. The summed E-state index contributed by atoms with van der Waals surface area (Å²) in [4.78, 5) is 0. The Bertz CT molecular complexity index is 1960. The van der Waals surface area contributed by atoms with Crippen LogP contribution in [0.25, 0.3) is 65.6 Å². The van der Waals surface area contributed by atoms with E-state index in [1.807, 2.05) is 0 Å². The molecule has 168 valence electrons. The zero-order valence-electron chi connectivity index (χ0n) is 20.2. The van der Waals surface area contributed by atoms with Crippen molar-refractivity contribution in [2.24, 2.45) is 7.05 Å². The lowest BCUT2D eigenvalue weighted by Gasteiger charge is -2.12. The SMILES string of the molecule is C/C=C(\C)c1ccc(-n2c3ccccc3c3c2c2c4ccccc4c4ccccc4c2n3C)cc1. The molecule has 0 radical (unpaired) electrons. The molecule has 0 N–H and O–H groups in total. The van der Waals surface area contributed by atoms with E-state index in [4.69, 9.17) is 0 Å². The molecule has 0 aliphatic heterocycles. The molecule has 35 heavy (non-hydrogen) atoms. The van der Waals surface area contributed by atoms with Crippen molar-refractivity contribution in [1.82, 2.24) is 9.13 Å². The fourth-order valence-electron chi connectivity index (χ4n) is 5.92. The van der Waals surface area contributed by atoms with Crippen molar-refractivity contribution >= 4 is 60.0 Å². The van der Waals surface area contributed by atoms with Gasteiger partial charge in [-0.3, -0.25) is 0 Å². The molecule has 7 rings (SSSR count). The van der Waals surface area contributed by atoms with Crippen molar-refractivity contribution in [2.45, 2.75) is 13.8 Å². The van der Waals surface area contributed by atoms with Crippen molar-refractivity contribution in [1.29, 1.82) is 0 Å². The van der Waals surface area contributed by atoms with E-state index in [9.17, 15) is 0 Å². The predicted molar refractivity (Wildman–Crippen MR) is 152 cm³/mol. The van der Waals surface area contributed by atoms with Crippen LogP contribution in [0.15, 0.2) is 103 Å². The second kappa shape index (κ2) is 7.35. The molecule has 0 fully saturated rings. The van der Waals surface area contributed by atoms with Crippen LogP contribution in [0.4, 0.5) is 0 Å². The number of fused-ring (bicyclic) bond motifs is 10. The number of aryl methyl sites for hydroxylation is 1. The quantitative estimate of drug-likeness (QED) is 0.233. The van der Waals surface area contributed by atoms with E-state index in [1.165, 1.54) is 71.2 Å². The van der Waals surface area contributed by atoms with Gasteiger partial charge in [0.25, 0.3) is 0 Å². The fraction of sp³-hybridized carbons (Fsp3) is 0.0909. The molecule has 0 unspecified atom stereocenters. The summed E-state index contributed by atoms with van der Waals surface area (Å²) in [5, 5.41) is 7.82. The van der Waals surface area contributed by atoms with Gasteiger partial charge in [-0.1, -0.05) is 84.9 Å². The van der Waals surface area contributed by atoms with Gasteiger partial charge in [0.1, 0.15) is 0 Å². The summed E-state index contributed by atoms with van der Waals surface area (Å²) in [6.07, 6.45) is 2.17. The maximum atomic E-state index is 2.46. The Kier molecular flexibility index (Phi) is 4.22. The number of allylic oxidation sites excluding steroid dienone is 2. The van der Waals surface area contributed by atoms with Crippen molar-refractivity contribution in [3.05, 3.63) is 109 Å². The molecule has 2 aromatic heterocycles. The van der Waals surface area contributed by atoms with E-state index in [0.29, 0.717) is 0 Å². The lowest BCUT2D eigenvalue weighted by molar-refractivity contribution is 1.02. The summed E-state index contributed by atoms with van der Waals surface area (Å²) < 4.78 is 4.87. The number of nitrogens with zero attached hydrogens (tertiary/aromatic N) is 2. The van der Waals surface area contributed by atoms with Gasteiger partial charge in [0.05, 0.1) is 22.1 Å². The first kappa shape index (κ1) is 20.1. The first-order valence-corrected chi connectivity index (χ1v) is 12.2. The van der Waals surface area contributed by atoms with Gasteiger partial charge in [-0.2, -0.15) is 0 Å². The molecule has 0 spiro atoms. The summed E-state index contributed by atoms with van der Waals surface area (Å²) in [5.74, 6) is 0. The minimum Gasteiger partial charge on any atom is -0.341 e. The standard InChI is InChI=1S/C33H26N2/c1-4-21(2)22-17-19-23(20-18-22)35-29-16-10-9-15-28(29)32-33(35)30-26-13-7-5-11-24(26)25-12-6-8-14-27(25)31(30)34(32)3/h4-20H,1-3H3/b21-4+. The number of rotatable bonds is 2. The molecule has 7 aromatic rings. The Morgan fingerprint density at radius 2 is 1.17 bits per heavy atom. The van der Waals surface area contributed by atoms with E-state index in [0.717, 1.165) is 0 Å². The van der Waals surface area contributed by atoms with Crippen LogP contribution in [0, 0.1) is 0 Å². The van der Waals surface area contributed by atoms with Crippen molar-refractivity contribution in [3.8, 4) is 5.69 Å². The van der Waals surface area contributed by atoms with E-state index < -0.39 is 0 Å². The van der Waals surface area contributed by atoms with Crippen molar-refractivity contribution < 1.29 is 0 Å². The molecule has 2 nitrogen and oxygen atoms in total. The Morgan fingerprint density at radius 3 is 1.86 bits per heavy atom. The number of hydrogen-bond acceptors (Lipinski definition) is 0. The summed E-state index contributed by atoms with van der Waals surface area (Å²) in [6, 6.07) is 35.5. The molecular weight excluding hydrogens is 424 g/mol. The van der Waals surface area contributed by atoms with E-state index in [2.05, 4.69) is 133 Å². The second-order valence-corrected chi connectivity index (χ2v) is 9.44. The normalized spacial score (nSPS) is 12.6. The molecule has 0 aliphatic carbocycles. The molecule has 0 atom stereocenters. The van der Waals surface area contributed by atoms with E-state index in [1.54, 1.807) is 0 Å². The number of para-hydroxylation sites is 1. The highest BCUT2D eigenvalue weighted by atomic mass is 15.1. The highest BCUT2D eigenvalue weighted by Crippen LogP contribution is 2.44. The summed E-state index contributed by atoms with van der Waals surface area (Å²) in [6.45, 7) is 4.26. The van der Waals surface area contributed by atoms with Gasteiger partial charge in [-0.15, -0.1) is 0 Å². The lowest BCUT2D eigenvalue weighted by atomic mass is 9.98. The molecule has 2 heteroatoms. The molecular formula is C33H26N2. The van der Waals surface area contributed by atoms with Crippen LogP contribution in [0.1, 0.15) is 19.4 Å². The maximum absolute atomic E-state index is 2.46. The zero-order chi connectivity index (χ0) is 23.7. The van der Waals surface area contributed by atoms with Crippen LogP contribution in [0.5, 0.6) is 0 Å². The average Bonchev–Trinajstić information content (AvgIpc) is 3.41. The van der Waals surface area contributed by atoms with Gasteiger partial charge in [0.2, 0.25) is 0 Å². The van der Waals surface area contributed by atoms with Gasteiger partial charge in [-0.25, -0.2) is 0 Å². The smallest absolute Gasteiger partial charge is 0.0806 e. The minimum absolute atomic E-state index is 1.19. The van der Waals surface area contributed by atoms with Crippen molar-refractivity contribution in [2.75, 3.05) is 0 Å². The summed E-state index contributed by atoms with van der Waals surface area (Å²) >= 11 is 0. The Balaban J connectivity index is 1.74. The van der Waals surface area contributed by atoms with Crippen LogP contribution in [-0.4, -0.2) is 9.13 Å². The summed E-state index contributed by atoms with van der Waals surface area (Å²) in [5.41, 5.74) is 8.84. The third-order valence-electron chi connectivity index (χ3n) is 7.68. The highest BCUT2D eigenvalue weighted by Gasteiger charge is 2.23. The molecule has 0 saturated carbocycles. The maximum Gasteiger partial charge on any atom is 0.0806 e.